The summed E-state index contributed by atoms with van der Waals surface area (Å²) in [5.74, 6) is 0. The monoisotopic (exact) mass is 294 g/mol. The van der Waals surface area contributed by atoms with Gasteiger partial charge in [0.2, 0.25) is 0 Å². The van der Waals surface area contributed by atoms with Crippen LogP contribution in [0.15, 0.2) is 54.6 Å². The summed E-state index contributed by atoms with van der Waals surface area (Å²) in [4.78, 5) is 8.88. The Morgan fingerprint density at radius 3 is 1.86 bits per heavy atom. The predicted octanol–water partition coefficient (Wildman–Crippen LogP) is 5.08. The molecule has 0 bridgehead atoms. The van der Waals surface area contributed by atoms with Crippen molar-refractivity contribution in [2.24, 2.45) is 0 Å². The minimum Gasteiger partial charge on any atom is -0.248 e. The molecule has 3 aromatic rings. The smallest absolute Gasteiger partial charge is 0.155 e. The van der Waals surface area contributed by atoms with Crippen LogP contribution < -0.4 is 0 Å². The van der Waals surface area contributed by atoms with Gasteiger partial charge in [-0.25, -0.2) is 9.97 Å². The molecule has 0 fully saturated rings. The van der Waals surface area contributed by atoms with E-state index in [1.807, 2.05) is 44.2 Å². The summed E-state index contributed by atoms with van der Waals surface area (Å²) < 4.78 is 0. The van der Waals surface area contributed by atoms with Gasteiger partial charge in [0, 0.05) is 5.56 Å². The van der Waals surface area contributed by atoms with E-state index in [-0.39, 0.29) is 0 Å². The van der Waals surface area contributed by atoms with Gasteiger partial charge in [0.1, 0.15) is 5.69 Å². The lowest BCUT2D eigenvalue weighted by Crippen LogP contribution is -1.96. The zero-order valence-corrected chi connectivity index (χ0v) is 12.7. The van der Waals surface area contributed by atoms with Gasteiger partial charge in [-0.05, 0) is 25.0 Å². The first kappa shape index (κ1) is 13.8. The lowest BCUT2D eigenvalue weighted by Gasteiger charge is -2.08. The second kappa shape index (κ2) is 5.66. The number of hydrogen-bond acceptors (Lipinski definition) is 2. The molecule has 0 radical (unpaired) electrons. The van der Waals surface area contributed by atoms with Crippen molar-refractivity contribution in [3.63, 3.8) is 0 Å². The second-order valence-corrected chi connectivity index (χ2v) is 5.34. The summed E-state index contributed by atoms with van der Waals surface area (Å²) in [5, 5.41) is 0.450. The molecule has 2 aromatic carbocycles. The zero-order chi connectivity index (χ0) is 14.8. The van der Waals surface area contributed by atoms with Crippen LogP contribution in [0.5, 0.6) is 0 Å². The first-order valence-corrected chi connectivity index (χ1v) is 7.19. The molecule has 2 nitrogen and oxygen atoms in total. The maximum atomic E-state index is 6.22. The van der Waals surface area contributed by atoms with Gasteiger partial charge in [-0.2, -0.15) is 0 Å². The summed E-state index contributed by atoms with van der Waals surface area (Å²) in [5.41, 5.74) is 5.86. The van der Waals surface area contributed by atoms with Gasteiger partial charge >= 0.3 is 0 Å². The summed E-state index contributed by atoms with van der Waals surface area (Å²) >= 11 is 6.22. The van der Waals surface area contributed by atoms with Crippen LogP contribution in [0.25, 0.3) is 22.4 Å². The lowest BCUT2D eigenvalue weighted by molar-refractivity contribution is 1.05. The Morgan fingerprint density at radius 1 is 0.667 bits per heavy atom. The van der Waals surface area contributed by atoms with E-state index in [1.165, 1.54) is 11.1 Å². The second-order valence-electron chi connectivity index (χ2n) is 4.98. The molecule has 0 saturated heterocycles. The Balaban J connectivity index is 2.00. The van der Waals surface area contributed by atoms with E-state index in [0.717, 1.165) is 22.6 Å². The highest BCUT2D eigenvalue weighted by atomic mass is 35.5. The molecule has 0 N–H and O–H groups in total. The summed E-state index contributed by atoms with van der Waals surface area (Å²) in [7, 11) is 0. The first-order chi connectivity index (χ1) is 10.1. The van der Waals surface area contributed by atoms with Gasteiger partial charge in [0.15, 0.2) is 5.15 Å². The highest BCUT2D eigenvalue weighted by Gasteiger charge is 2.09. The van der Waals surface area contributed by atoms with Gasteiger partial charge in [0.25, 0.3) is 0 Å². The SMILES string of the molecule is Cc1nc(Cl)c(-c2ccc(-c3ccccc3)cc2)nc1C. The van der Waals surface area contributed by atoms with Crippen LogP contribution >= 0.6 is 11.6 Å². The quantitative estimate of drug-likeness (QED) is 0.658. The third-order valence-corrected chi connectivity index (χ3v) is 3.79. The summed E-state index contributed by atoms with van der Waals surface area (Å²) in [6.45, 7) is 3.86. The standard InChI is InChI=1S/C18H15ClN2/c1-12-13(2)21-18(19)17(20-12)16-10-8-15(9-11-16)14-6-4-3-5-7-14/h3-11H,1-2H3. The molecule has 3 heteroatoms. The maximum Gasteiger partial charge on any atom is 0.155 e. The van der Waals surface area contributed by atoms with E-state index >= 15 is 0 Å². The largest absolute Gasteiger partial charge is 0.248 e. The fraction of sp³-hybridized carbons (Fsp3) is 0.111. The first-order valence-electron chi connectivity index (χ1n) is 6.82. The number of rotatable bonds is 2. The van der Waals surface area contributed by atoms with Crippen molar-refractivity contribution in [2.45, 2.75) is 13.8 Å². The van der Waals surface area contributed by atoms with Crippen LogP contribution in [-0.4, -0.2) is 9.97 Å². The molecule has 0 unspecified atom stereocenters. The topological polar surface area (TPSA) is 25.8 Å². The van der Waals surface area contributed by atoms with E-state index in [0.29, 0.717) is 5.15 Å². The summed E-state index contributed by atoms with van der Waals surface area (Å²) in [6.07, 6.45) is 0. The molecule has 0 spiro atoms. The van der Waals surface area contributed by atoms with E-state index < -0.39 is 0 Å². The molecule has 104 valence electrons. The van der Waals surface area contributed by atoms with Crippen molar-refractivity contribution in [3.8, 4) is 22.4 Å². The summed E-state index contributed by atoms with van der Waals surface area (Å²) in [6, 6.07) is 18.5. The van der Waals surface area contributed by atoms with E-state index in [9.17, 15) is 0 Å². The number of benzene rings is 2. The average molecular weight is 295 g/mol. The fourth-order valence-corrected chi connectivity index (χ4v) is 2.49. The number of nitrogens with zero attached hydrogens (tertiary/aromatic N) is 2. The molecule has 1 heterocycles. The van der Waals surface area contributed by atoms with Crippen molar-refractivity contribution < 1.29 is 0 Å². The Bertz CT molecular complexity index is 765. The minimum absolute atomic E-state index is 0.450. The van der Waals surface area contributed by atoms with Crippen molar-refractivity contribution in [1.29, 1.82) is 0 Å². The lowest BCUT2D eigenvalue weighted by atomic mass is 10.0. The molecular weight excluding hydrogens is 280 g/mol. The van der Waals surface area contributed by atoms with Gasteiger partial charge in [-0.15, -0.1) is 0 Å². The normalized spacial score (nSPS) is 10.6. The van der Waals surface area contributed by atoms with Crippen LogP contribution in [0.3, 0.4) is 0 Å². The minimum atomic E-state index is 0.450. The Hall–Kier alpha value is -2.19. The molecule has 0 amide bonds. The average Bonchev–Trinajstić information content (AvgIpc) is 2.52. The van der Waals surface area contributed by atoms with Crippen LogP contribution in [-0.2, 0) is 0 Å². The molecule has 0 aliphatic rings. The van der Waals surface area contributed by atoms with Gasteiger partial charge in [-0.3, -0.25) is 0 Å². The third-order valence-electron chi connectivity index (χ3n) is 3.53. The Morgan fingerprint density at radius 2 is 1.19 bits per heavy atom. The van der Waals surface area contributed by atoms with Crippen LogP contribution in [0, 0.1) is 13.8 Å². The highest BCUT2D eigenvalue weighted by Crippen LogP contribution is 2.28. The molecule has 0 atom stereocenters. The molecule has 3 rings (SSSR count). The van der Waals surface area contributed by atoms with E-state index in [4.69, 9.17) is 11.6 Å². The van der Waals surface area contributed by atoms with Gasteiger partial charge in [0.05, 0.1) is 11.4 Å². The van der Waals surface area contributed by atoms with Gasteiger partial charge in [-0.1, -0.05) is 66.2 Å². The Kier molecular flexibility index (Phi) is 3.72. The van der Waals surface area contributed by atoms with Gasteiger partial charge < -0.3 is 0 Å². The number of halogens is 1. The predicted molar refractivity (Wildman–Crippen MR) is 87.4 cm³/mol. The fourth-order valence-electron chi connectivity index (χ4n) is 2.21. The van der Waals surface area contributed by atoms with Crippen LogP contribution in [0.4, 0.5) is 0 Å². The van der Waals surface area contributed by atoms with Crippen molar-refractivity contribution in [3.05, 3.63) is 71.1 Å². The van der Waals surface area contributed by atoms with Crippen molar-refractivity contribution in [1.82, 2.24) is 9.97 Å². The van der Waals surface area contributed by atoms with Crippen molar-refractivity contribution >= 4 is 11.6 Å². The van der Waals surface area contributed by atoms with Crippen LogP contribution in [0.1, 0.15) is 11.4 Å². The Labute approximate surface area is 129 Å². The van der Waals surface area contributed by atoms with E-state index in [2.05, 4.69) is 34.2 Å². The van der Waals surface area contributed by atoms with Crippen molar-refractivity contribution in [2.75, 3.05) is 0 Å². The number of hydrogen-bond donors (Lipinski definition) is 0. The molecule has 0 aliphatic heterocycles. The van der Waals surface area contributed by atoms with Crippen LogP contribution in [0.2, 0.25) is 5.15 Å². The van der Waals surface area contributed by atoms with E-state index in [1.54, 1.807) is 0 Å². The molecular formula is C18H15ClN2. The molecule has 21 heavy (non-hydrogen) atoms. The number of aryl methyl sites for hydroxylation is 2. The molecule has 0 saturated carbocycles. The molecule has 1 aromatic heterocycles. The highest BCUT2D eigenvalue weighted by molar-refractivity contribution is 6.31. The molecule has 0 aliphatic carbocycles. The number of aromatic nitrogens is 2. The third kappa shape index (κ3) is 2.81. The zero-order valence-electron chi connectivity index (χ0n) is 12.0. The maximum absolute atomic E-state index is 6.22.